The van der Waals surface area contributed by atoms with Crippen molar-refractivity contribution in [3.63, 3.8) is 0 Å². The molecule has 0 radical (unpaired) electrons. The van der Waals surface area contributed by atoms with E-state index in [9.17, 15) is 5.11 Å². The minimum Gasteiger partial charge on any atom is -0.394 e. The monoisotopic (exact) mass is 259 g/mol. The summed E-state index contributed by atoms with van der Waals surface area (Å²) in [6, 6.07) is 0. The fourth-order valence-corrected chi connectivity index (χ4v) is 1.90. The second kappa shape index (κ2) is 5.85. The van der Waals surface area contributed by atoms with Gasteiger partial charge in [0.25, 0.3) is 0 Å². The molecule has 0 amide bonds. The Morgan fingerprint density at radius 2 is 2.06 bits per heavy atom. The first-order chi connectivity index (χ1) is 7.95. The van der Waals surface area contributed by atoms with Crippen molar-refractivity contribution in [1.82, 2.24) is 15.1 Å². The number of hydrogen-bond acceptors (Lipinski definition) is 3. The molecule has 0 spiro atoms. The second-order valence-corrected chi connectivity index (χ2v) is 5.15. The number of rotatable bonds is 6. The average Bonchev–Trinajstić information content (AvgIpc) is 2.63. The van der Waals surface area contributed by atoms with Crippen LogP contribution in [-0.2, 0) is 19.5 Å². The van der Waals surface area contributed by atoms with Gasteiger partial charge in [0.15, 0.2) is 0 Å². The molecule has 0 atom stereocenters. The number of aliphatic hydroxyl groups is 1. The number of aryl methyl sites for hydroxylation is 2. The Kier molecular flexibility index (Phi) is 4.98. The highest BCUT2D eigenvalue weighted by atomic mass is 35.5. The largest absolute Gasteiger partial charge is 0.394 e. The molecule has 2 N–H and O–H groups in total. The van der Waals surface area contributed by atoms with Crippen LogP contribution in [-0.4, -0.2) is 27.0 Å². The smallest absolute Gasteiger partial charge is 0.0863 e. The van der Waals surface area contributed by atoms with Crippen LogP contribution < -0.4 is 5.32 Å². The first kappa shape index (κ1) is 14.5. The van der Waals surface area contributed by atoms with Crippen LogP contribution >= 0.6 is 11.6 Å². The summed E-state index contributed by atoms with van der Waals surface area (Å²) in [6.07, 6.45) is 0.836. The van der Waals surface area contributed by atoms with Gasteiger partial charge in [-0.05, 0) is 27.2 Å². The molecule has 1 aromatic rings. The van der Waals surface area contributed by atoms with Crippen LogP contribution in [0, 0.1) is 0 Å². The van der Waals surface area contributed by atoms with Crippen LogP contribution in [0.15, 0.2) is 0 Å². The van der Waals surface area contributed by atoms with Crippen molar-refractivity contribution < 1.29 is 5.11 Å². The summed E-state index contributed by atoms with van der Waals surface area (Å²) in [5.41, 5.74) is 1.62. The normalized spacial score (nSPS) is 12.1. The van der Waals surface area contributed by atoms with Crippen LogP contribution in [0.5, 0.6) is 0 Å². The van der Waals surface area contributed by atoms with Gasteiger partial charge in [-0.25, -0.2) is 0 Å². The van der Waals surface area contributed by atoms with E-state index < -0.39 is 0 Å². The zero-order chi connectivity index (χ0) is 13.1. The van der Waals surface area contributed by atoms with E-state index in [0.29, 0.717) is 6.54 Å². The van der Waals surface area contributed by atoms with Gasteiger partial charge in [0, 0.05) is 18.6 Å². The van der Waals surface area contributed by atoms with Crippen molar-refractivity contribution in [2.45, 2.75) is 52.7 Å². The summed E-state index contributed by atoms with van der Waals surface area (Å²) in [5.74, 6) is 0. The zero-order valence-electron chi connectivity index (χ0n) is 11.0. The Labute approximate surface area is 108 Å². The summed E-state index contributed by atoms with van der Waals surface area (Å²) >= 11 is 6.29. The number of hydrogen-bond donors (Lipinski definition) is 2. The van der Waals surface area contributed by atoms with Crippen LogP contribution in [0.3, 0.4) is 0 Å². The molecule has 0 fully saturated rings. The zero-order valence-corrected chi connectivity index (χ0v) is 11.8. The summed E-state index contributed by atoms with van der Waals surface area (Å²) in [5, 5.41) is 17.7. The fraction of sp³-hybridized carbons (Fsp3) is 0.750. The minimum atomic E-state index is -0.307. The van der Waals surface area contributed by atoms with Gasteiger partial charge in [0.05, 0.1) is 23.0 Å². The lowest BCUT2D eigenvalue weighted by atomic mass is 10.1. The Morgan fingerprint density at radius 3 is 2.53 bits per heavy atom. The van der Waals surface area contributed by atoms with Gasteiger partial charge in [0.2, 0.25) is 0 Å². The highest BCUT2D eigenvalue weighted by Crippen LogP contribution is 2.22. The van der Waals surface area contributed by atoms with E-state index >= 15 is 0 Å². The van der Waals surface area contributed by atoms with Crippen LogP contribution in [0.4, 0.5) is 0 Å². The van der Waals surface area contributed by atoms with E-state index in [2.05, 4.69) is 10.4 Å². The van der Waals surface area contributed by atoms with E-state index in [0.717, 1.165) is 29.4 Å². The lowest BCUT2D eigenvalue weighted by Crippen LogP contribution is -2.42. The van der Waals surface area contributed by atoms with Crippen LogP contribution in [0.1, 0.15) is 39.1 Å². The molecular formula is C12H22ClN3O. The highest BCUT2D eigenvalue weighted by molar-refractivity contribution is 6.31. The Balaban J connectivity index is 2.86. The lowest BCUT2D eigenvalue weighted by molar-refractivity contribution is 0.186. The number of halogens is 1. The topological polar surface area (TPSA) is 50.1 Å². The molecule has 17 heavy (non-hydrogen) atoms. The van der Waals surface area contributed by atoms with Gasteiger partial charge in [0.1, 0.15) is 0 Å². The molecular weight excluding hydrogens is 238 g/mol. The predicted octanol–water partition coefficient (Wildman–Crippen LogP) is 1.98. The number of nitrogens with zero attached hydrogens (tertiary/aromatic N) is 2. The third-order valence-corrected chi connectivity index (χ3v) is 3.26. The molecule has 0 aliphatic carbocycles. The van der Waals surface area contributed by atoms with Crippen molar-refractivity contribution in [2.24, 2.45) is 0 Å². The number of aliphatic hydroxyl groups excluding tert-OH is 1. The molecule has 1 rings (SSSR count). The van der Waals surface area contributed by atoms with Crippen LogP contribution in [0.25, 0.3) is 0 Å². The maximum Gasteiger partial charge on any atom is 0.0863 e. The first-order valence-electron chi connectivity index (χ1n) is 6.05. The van der Waals surface area contributed by atoms with E-state index in [1.165, 1.54) is 0 Å². The Bertz CT molecular complexity index is 374. The molecule has 5 heteroatoms. The van der Waals surface area contributed by atoms with Crippen molar-refractivity contribution in [2.75, 3.05) is 6.61 Å². The summed E-state index contributed by atoms with van der Waals surface area (Å²) < 4.78 is 1.92. The molecule has 0 saturated carbocycles. The van der Waals surface area contributed by atoms with E-state index in [1.807, 2.05) is 32.4 Å². The first-order valence-corrected chi connectivity index (χ1v) is 6.43. The van der Waals surface area contributed by atoms with Crippen molar-refractivity contribution >= 4 is 11.6 Å². The molecule has 1 heterocycles. The van der Waals surface area contributed by atoms with Gasteiger partial charge >= 0.3 is 0 Å². The molecule has 1 aromatic heterocycles. The maximum absolute atomic E-state index is 9.20. The van der Waals surface area contributed by atoms with E-state index in [-0.39, 0.29) is 12.1 Å². The molecule has 0 unspecified atom stereocenters. The SMILES string of the molecule is CCc1nn(CC)c(CNC(C)(C)CO)c1Cl. The average molecular weight is 260 g/mol. The Morgan fingerprint density at radius 1 is 1.41 bits per heavy atom. The van der Waals surface area contributed by atoms with Crippen molar-refractivity contribution in [3.8, 4) is 0 Å². The molecule has 0 aliphatic heterocycles. The van der Waals surface area contributed by atoms with Gasteiger partial charge in [-0.15, -0.1) is 0 Å². The molecule has 0 aromatic carbocycles. The van der Waals surface area contributed by atoms with Crippen LogP contribution in [0.2, 0.25) is 5.02 Å². The molecule has 0 aliphatic rings. The number of nitrogens with one attached hydrogen (secondary N) is 1. The summed E-state index contributed by atoms with van der Waals surface area (Å²) in [7, 11) is 0. The molecule has 4 nitrogen and oxygen atoms in total. The second-order valence-electron chi connectivity index (χ2n) is 4.77. The summed E-state index contributed by atoms with van der Waals surface area (Å²) in [6.45, 7) is 9.50. The Hall–Kier alpha value is -0.580. The van der Waals surface area contributed by atoms with Gasteiger partial charge in [-0.3, -0.25) is 4.68 Å². The maximum atomic E-state index is 9.20. The third-order valence-electron chi connectivity index (χ3n) is 2.82. The lowest BCUT2D eigenvalue weighted by Gasteiger charge is -2.23. The third kappa shape index (κ3) is 3.44. The van der Waals surface area contributed by atoms with Gasteiger partial charge in [-0.2, -0.15) is 5.10 Å². The van der Waals surface area contributed by atoms with E-state index in [1.54, 1.807) is 0 Å². The van der Waals surface area contributed by atoms with Gasteiger partial charge < -0.3 is 10.4 Å². The standard InChI is InChI=1S/C12H22ClN3O/c1-5-9-11(13)10(16(6-2)15-9)7-14-12(3,4)8-17/h14,17H,5-8H2,1-4H3. The minimum absolute atomic E-state index is 0.0888. The molecule has 0 bridgehead atoms. The van der Waals surface area contributed by atoms with Crippen molar-refractivity contribution in [3.05, 3.63) is 16.4 Å². The quantitative estimate of drug-likeness (QED) is 0.821. The van der Waals surface area contributed by atoms with E-state index in [4.69, 9.17) is 11.6 Å². The fourth-order valence-electron chi connectivity index (χ4n) is 1.57. The number of aromatic nitrogens is 2. The van der Waals surface area contributed by atoms with Gasteiger partial charge in [-0.1, -0.05) is 18.5 Å². The molecule has 98 valence electrons. The summed E-state index contributed by atoms with van der Waals surface area (Å²) in [4.78, 5) is 0. The van der Waals surface area contributed by atoms with Crippen molar-refractivity contribution in [1.29, 1.82) is 0 Å². The molecule has 0 saturated heterocycles. The highest BCUT2D eigenvalue weighted by Gasteiger charge is 2.19. The predicted molar refractivity (Wildman–Crippen MR) is 70.3 cm³/mol.